The number of carbonyl (C=O) groups is 2. The number of carboxylic acid groups (broad SMARTS) is 1. The highest BCUT2D eigenvalue weighted by molar-refractivity contribution is 7.80. The molecule has 10 N–H and O–H groups in total. The summed E-state index contributed by atoms with van der Waals surface area (Å²) in [5, 5.41) is 97.0. The van der Waals surface area contributed by atoms with Gasteiger partial charge in [0.25, 0.3) is 0 Å². The van der Waals surface area contributed by atoms with E-state index >= 15 is 0 Å². The number of ether oxygens (including phenoxy) is 7. The topological polar surface area (TPSA) is 293 Å². The lowest BCUT2D eigenvalue weighted by Gasteiger charge is -2.44. The predicted octanol–water partition coefficient (Wildman–Crippen LogP) is -2.72. The van der Waals surface area contributed by atoms with Gasteiger partial charge in [-0.3, -0.25) is 4.79 Å². The van der Waals surface area contributed by atoms with Gasteiger partial charge in [-0.05, 0) is 41.9 Å². The van der Waals surface area contributed by atoms with E-state index in [1.165, 1.54) is 0 Å². The third kappa shape index (κ3) is 12.3. The Balaban J connectivity index is 1.33. The molecule has 5 rings (SSSR count). The average molecular weight is 858 g/mol. The molecule has 3 aliphatic heterocycles. The van der Waals surface area contributed by atoms with Crippen LogP contribution in [0, 0.1) is 0 Å². The van der Waals surface area contributed by atoms with Gasteiger partial charge >= 0.3 is 5.97 Å². The molecule has 20 heteroatoms. The molecule has 2 aromatic rings. The monoisotopic (exact) mass is 857 g/mol. The summed E-state index contributed by atoms with van der Waals surface area (Å²) < 4.78 is 41.3. The Labute approximate surface area is 345 Å². The second-order valence-corrected chi connectivity index (χ2v) is 15.0. The summed E-state index contributed by atoms with van der Waals surface area (Å²) in [4.78, 5) is 24.5. The van der Waals surface area contributed by atoms with E-state index in [1.54, 1.807) is 54.6 Å². The first kappa shape index (κ1) is 47.0. The number of carboxylic acids is 1. The predicted molar refractivity (Wildman–Crippen MR) is 205 cm³/mol. The Morgan fingerprint density at radius 2 is 1.37 bits per heavy atom. The van der Waals surface area contributed by atoms with Crippen molar-refractivity contribution in [3.05, 3.63) is 65.7 Å². The number of nitrogens with one attached hydrogen (secondary N) is 1. The second-order valence-electron chi connectivity index (χ2n) is 14.5. The Bertz CT molecular complexity index is 1580. The van der Waals surface area contributed by atoms with Crippen molar-refractivity contribution in [2.75, 3.05) is 38.7 Å². The van der Waals surface area contributed by atoms with Gasteiger partial charge in [0.05, 0.1) is 26.4 Å². The zero-order chi connectivity index (χ0) is 42.6. The number of aliphatic hydroxyl groups excluding tert-OH is 8. The summed E-state index contributed by atoms with van der Waals surface area (Å²) in [6.07, 6.45) is -21.4. The first-order valence-corrected chi connectivity index (χ1v) is 20.0. The molecule has 59 heavy (non-hydrogen) atoms. The van der Waals surface area contributed by atoms with Gasteiger partial charge in [0.15, 0.2) is 12.4 Å². The molecule has 0 aliphatic carbocycles. The Hall–Kier alpha value is -3.03. The lowest BCUT2D eigenvalue weighted by atomic mass is 9.97. The molecule has 2 aromatic carbocycles. The van der Waals surface area contributed by atoms with Crippen LogP contribution in [0.3, 0.4) is 0 Å². The van der Waals surface area contributed by atoms with Crippen LogP contribution in [0.2, 0.25) is 0 Å². The summed E-state index contributed by atoms with van der Waals surface area (Å²) in [7, 11) is 0. The minimum atomic E-state index is -1.83. The number of rotatable bonds is 21. The van der Waals surface area contributed by atoms with E-state index in [-0.39, 0.29) is 18.1 Å². The van der Waals surface area contributed by atoms with E-state index < -0.39 is 124 Å². The van der Waals surface area contributed by atoms with Gasteiger partial charge in [-0.25, -0.2) is 4.79 Å². The van der Waals surface area contributed by atoms with Gasteiger partial charge in [0.1, 0.15) is 79.0 Å². The van der Waals surface area contributed by atoms with Crippen LogP contribution < -0.4 is 10.1 Å². The lowest BCUT2D eigenvalue weighted by Crippen LogP contribution is -2.63. The van der Waals surface area contributed by atoms with Crippen LogP contribution in [-0.2, 0) is 50.9 Å². The number of amides is 1. The van der Waals surface area contributed by atoms with Crippen molar-refractivity contribution < 1.29 is 88.7 Å². The highest BCUT2D eigenvalue weighted by Crippen LogP contribution is 2.33. The van der Waals surface area contributed by atoms with Gasteiger partial charge in [0.2, 0.25) is 12.2 Å². The molecule has 15 unspecified atom stereocenters. The zero-order valence-electron chi connectivity index (χ0n) is 32.1. The molecule has 3 heterocycles. The van der Waals surface area contributed by atoms with E-state index in [9.17, 15) is 55.5 Å². The van der Waals surface area contributed by atoms with Gasteiger partial charge in [0, 0.05) is 19.4 Å². The van der Waals surface area contributed by atoms with Crippen molar-refractivity contribution in [2.45, 2.75) is 118 Å². The molecule has 0 bridgehead atoms. The van der Waals surface area contributed by atoms with Crippen LogP contribution >= 0.6 is 12.6 Å². The highest BCUT2D eigenvalue weighted by Gasteiger charge is 2.53. The number of thiol groups is 1. The Kier molecular flexibility index (Phi) is 18.1. The molecule has 0 aromatic heterocycles. The van der Waals surface area contributed by atoms with Crippen LogP contribution in [0.5, 0.6) is 5.75 Å². The molecule has 0 spiro atoms. The Morgan fingerprint density at radius 1 is 0.712 bits per heavy atom. The van der Waals surface area contributed by atoms with Gasteiger partial charge in [-0.1, -0.05) is 42.5 Å². The van der Waals surface area contributed by atoms with Crippen molar-refractivity contribution >= 4 is 24.5 Å². The van der Waals surface area contributed by atoms with Gasteiger partial charge in [-0.15, -0.1) is 0 Å². The number of hydrogen-bond acceptors (Lipinski definition) is 18. The fraction of sp³-hybridized carbons (Fsp3) is 0.641. The normalized spacial score (nSPS) is 34.0. The number of benzene rings is 2. The fourth-order valence-electron chi connectivity index (χ4n) is 7.06. The first-order chi connectivity index (χ1) is 28.4. The molecule has 3 saturated heterocycles. The van der Waals surface area contributed by atoms with Gasteiger partial charge < -0.3 is 84.4 Å². The van der Waals surface area contributed by atoms with E-state index in [2.05, 4.69) is 17.9 Å². The molecular weight excluding hydrogens is 802 g/mol. The maximum absolute atomic E-state index is 12.6. The SMILES string of the molecule is O=C(CCCS)NCCc1ccc(OC2OC(CO)C(OCC3OC(CO)C(O)C3OC3OC(CO)C(O)C(O)C3O)C(OC(Cc3ccccc3)C(=O)O)C2O)cc1. The molecule has 330 valence electrons. The minimum absolute atomic E-state index is 0.0715. The molecule has 19 nitrogen and oxygen atoms in total. The Morgan fingerprint density at radius 3 is 2.02 bits per heavy atom. The standard InChI is InChI=1S/C39H55NO18S/c41-16-24-29(45)31(47)32(48)38(56-24)58-34-27(54-25(17-42)30(34)46)19-52-35-26(18-43)57-39(33(49)36(35)55-23(37(50)51)15-21-5-2-1-3-6-21)53-22-10-8-20(9-11-22)12-13-40-28(44)7-4-14-59/h1-3,5-6,8-11,23-27,29-36,38-39,41-43,45-49,59H,4,7,12-19H2,(H,40,44)(H,50,51). The summed E-state index contributed by atoms with van der Waals surface area (Å²) in [5.74, 6) is -0.571. The third-order valence-corrected chi connectivity index (χ3v) is 10.7. The lowest BCUT2D eigenvalue weighted by molar-refractivity contribution is -0.321. The smallest absolute Gasteiger partial charge is 0.333 e. The van der Waals surface area contributed by atoms with Crippen LogP contribution in [0.15, 0.2) is 54.6 Å². The molecule has 0 saturated carbocycles. The summed E-state index contributed by atoms with van der Waals surface area (Å²) >= 11 is 4.12. The maximum Gasteiger partial charge on any atom is 0.333 e. The number of hydrogen-bond donors (Lipinski definition) is 11. The van der Waals surface area contributed by atoms with Crippen LogP contribution in [-0.4, -0.2) is 188 Å². The van der Waals surface area contributed by atoms with Crippen molar-refractivity contribution in [2.24, 2.45) is 0 Å². The first-order valence-electron chi connectivity index (χ1n) is 19.4. The number of aliphatic carboxylic acids is 1. The van der Waals surface area contributed by atoms with E-state index in [0.717, 1.165) is 5.56 Å². The van der Waals surface area contributed by atoms with Crippen LogP contribution in [0.4, 0.5) is 0 Å². The molecule has 15 atom stereocenters. The third-order valence-electron chi connectivity index (χ3n) is 10.3. The average Bonchev–Trinajstić information content (AvgIpc) is 3.54. The van der Waals surface area contributed by atoms with E-state index in [0.29, 0.717) is 37.1 Å². The maximum atomic E-state index is 12.6. The quantitative estimate of drug-likeness (QED) is 0.0569. The molecule has 3 fully saturated rings. The zero-order valence-corrected chi connectivity index (χ0v) is 33.0. The number of aliphatic hydroxyl groups is 8. The molecule has 0 radical (unpaired) electrons. The van der Waals surface area contributed by atoms with Crippen LogP contribution in [0.25, 0.3) is 0 Å². The van der Waals surface area contributed by atoms with Crippen molar-refractivity contribution in [3.8, 4) is 5.75 Å². The molecular formula is C39H55NO18S. The molecule has 3 aliphatic rings. The molecule has 1 amide bonds. The van der Waals surface area contributed by atoms with Crippen molar-refractivity contribution in [3.63, 3.8) is 0 Å². The van der Waals surface area contributed by atoms with Gasteiger partial charge in [-0.2, -0.15) is 12.6 Å². The van der Waals surface area contributed by atoms with Crippen molar-refractivity contribution in [1.29, 1.82) is 0 Å². The highest BCUT2D eigenvalue weighted by atomic mass is 32.1. The second kappa shape index (κ2) is 22.7. The fourth-order valence-corrected chi connectivity index (χ4v) is 7.22. The van der Waals surface area contributed by atoms with Crippen LogP contribution in [0.1, 0.15) is 24.0 Å². The summed E-state index contributed by atoms with van der Waals surface area (Å²) in [5.41, 5.74) is 1.49. The van der Waals surface area contributed by atoms with Crippen molar-refractivity contribution in [1.82, 2.24) is 5.32 Å². The number of carbonyl (C=O) groups excluding carboxylic acids is 1. The van der Waals surface area contributed by atoms with E-state index in [1.807, 2.05) is 0 Å². The summed E-state index contributed by atoms with van der Waals surface area (Å²) in [6, 6.07) is 15.4. The minimum Gasteiger partial charge on any atom is -0.479 e. The largest absolute Gasteiger partial charge is 0.479 e. The summed E-state index contributed by atoms with van der Waals surface area (Å²) in [6.45, 7) is -2.27. The van der Waals surface area contributed by atoms with E-state index in [4.69, 9.17) is 33.2 Å².